The molecule has 0 aliphatic carbocycles. The normalized spacial score (nSPS) is 15.7. The predicted octanol–water partition coefficient (Wildman–Crippen LogP) is 7.29. The number of fused-ring (bicyclic) bond motifs is 1. The molecule has 2 amide bonds. The van der Waals surface area contributed by atoms with E-state index in [2.05, 4.69) is 27.0 Å². The number of rotatable bonds is 9. The summed E-state index contributed by atoms with van der Waals surface area (Å²) in [6.07, 6.45) is -2.96. The molecule has 3 aromatic carbocycles. The van der Waals surface area contributed by atoms with E-state index in [4.69, 9.17) is 14.5 Å². The Morgan fingerprint density at radius 2 is 1.63 bits per heavy atom. The number of piperazine rings is 1. The van der Waals surface area contributed by atoms with E-state index in [-0.39, 0.29) is 42.1 Å². The molecule has 258 valence electrons. The molecular weight excluding hydrogens is 635 g/mol. The van der Waals surface area contributed by atoms with Gasteiger partial charge >= 0.3 is 12.2 Å². The summed E-state index contributed by atoms with van der Waals surface area (Å²) in [7, 11) is 3.03. The number of ether oxygens (including phenoxy) is 2. The maximum atomic E-state index is 14.4. The number of para-hydroxylation sites is 1. The van der Waals surface area contributed by atoms with E-state index in [0.717, 1.165) is 42.5 Å². The van der Waals surface area contributed by atoms with Crippen LogP contribution in [0.25, 0.3) is 0 Å². The Labute approximate surface area is 284 Å². The number of hydrogen-bond acceptors (Lipinski definition) is 8. The van der Waals surface area contributed by atoms with E-state index in [1.54, 1.807) is 35.4 Å². The van der Waals surface area contributed by atoms with E-state index in [1.807, 2.05) is 32.0 Å². The fourth-order valence-electron chi connectivity index (χ4n) is 6.49. The third-order valence-electron chi connectivity index (χ3n) is 9.12. The highest BCUT2D eigenvalue weighted by atomic mass is 19.4. The lowest BCUT2D eigenvalue weighted by Gasteiger charge is -2.37. The Balaban J connectivity index is 1.36. The minimum Gasteiger partial charge on any atom is -0.497 e. The third kappa shape index (κ3) is 6.99. The van der Waals surface area contributed by atoms with Crippen molar-refractivity contribution in [3.8, 4) is 11.5 Å². The molecular formula is C36H40F3N7O3. The first-order chi connectivity index (χ1) is 23.5. The molecule has 0 bridgehead atoms. The lowest BCUT2D eigenvalue weighted by molar-refractivity contribution is -0.138. The summed E-state index contributed by atoms with van der Waals surface area (Å²) < 4.78 is 54.1. The van der Waals surface area contributed by atoms with Crippen molar-refractivity contribution in [1.29, 1.82) is 0 Å². The highest BCUT2D eigenvalue weighted by Gasteiger charge is 2.38. The zero-order chi connectivity index (χ0) is 34.9. The van der Waals surface area contributed by atoms with Gasteiger partial charge in [0.05, 0.1) is 37.7 Å². The third-order valence-corrected chi connectivity index (χ3v) is 9.12. The van der Waals surface area contributed by atoms with Gasteiger partial charge in [-0.25, -0.2) is 14.7 Å². The van der Waals surface area contributed by atoms with Crippen molar-refractivity contribution in [1.82, 2.24) is 19.8 Å². The Kier molecular flexibility index (Phi) is 9.66. The second-order valence-electron chi connectivity index (χ2n) is 12.2. The summed E-state index contributed by atoms with van der Waals surface area (Å²) in [5, 5.41) is 2.96. The van der Waals surface area contributed by atoms with Crippen LogP contribution >= 0.6 is 0 Å². The number of urea groups is 1. The molecule has 4 aromatic rings. The number of anilines is 5. The van der Waals surface area contributed by atoms with Crippen LogP contribution in [0.1, 0.15) is 34.7 Å². The van der Waals surface area contributed by atoms with E-state index in [9.17, 15) is 18.0 Å². The standard InChI is InChI=1S/C36H40F3N7O3/c1-6-43-14-16-44(17-15-43)21-25-10-11-27(18-29(25)36(37,38)39)41-34-40-20-26-22-45(32-23(2)8-7-9-24(32)3)35(47)46(33(26)42-34)30-13-12-28(48-4)19-31(30)49-5/h7-13,18-20H,6,14-17,21-22H2,1-5H3,(H,40,41,42). The number of carbonyl (C=O) groups is 1. The molecule has 0 spiro atoms. The number of methoxy groups -OCH3 is 2. The molecule has 6 rings (SSSR count). The summed E-state index contributed by atoms with van der Waals surface area (Å²) >= 11 is 0. The average molecular weight is 676 g/mol. The molecule has 2 aliphatic rings. The number of aromatic nitrogens is 2. The van der Waals surface area contributed by atoms with Crippen molar-refractivity contribution in [2.45, 2.75) is 40.0 Å². The Morgan fingerprint density at radius 1 is 0.918 bits per heavy atom. The number of benzene rings is 3. The van der Waals surface area contributed by atoms with Gasteiger partial charge in [-0.2, -0.15) is 18.2 Å². The zero-order valence-electron chi connectivity index (χ0n) is 28.3. The second-order valence-corrected chi connectivity index (χ2v) is 12.2. The molecule has 49 heavy (non-hydrogen) atoms. The maximum absolute atomic E-state index is 14.4. The van der Waals surface area contributed by atoms with Crippen molar-refractivity contribution in [2.75, 3.05) is 62.1 Å². The maximum Gasteiger partial charge on any atom is 0.416 e. The zero-order valence-corrected chi connectivity index (χ0v) is 28.3. The summed E-state index contributed by atoms with van der Waals surface area (Å²) in [6.45, 7) is 10.4. The van der Waals surface area contributed by atoms with Gasteiger partial charge in [0.2, 0.25) is 5.95 Å². The smallest absolute Gasteiger partial charge is 0.416 e. The van der Waals surface area contributed by atoms with Gasteiger partial charge in [-0.1, -0.05) is 31.2 Å². The van der Waals surface area contributed by atoms with Crippen molar-refractivity contribution in [2.24, 2.45) is 0 Å². The number of likely N-dealkylation sites (N-methyl/N-ethyl adjacent to an activating group) is 1. The summed E-state index contributed by atoms with van der Waals surface area (Å²) in [5.41, 5.74) is 3.35. The Bertz CT molecular complexity index is 1820. The van der Waals surface area contributed by atoms with Crippen LogP contribution < -0.4 is 24.6 Å². The minimum absolute atomic E-state index is 0.0427. The first kappa shape index (κ1) is 34.0. The predicted molar refractivity (Wildman–Crippen MR) is 183 cm³/mol. The molecule has 13 heteroatoms. The van der Waals surface area contributed by atoms with Crippen LogP contribution in [0.3, 0.4) is 0 Å². The van der Waals surface area contributed by atoms with Gasteiger partial charge in [-0.3, -0.25) is 9.80 Å². The summed E-state index contributed by atoms with van der Waals surface area (Å²) in [4.78, 5) is 31.1. The van der Waals surface area contributed by atoms with Crippen LogP contribution in [0.15, 0.2) is 60.8 Å². The quantitative estimate of drug-likeness (QED) is 0.198. The lowest BCUT2D eigenvalue weighted by atomic mass is 10.0. The van der Waals surface area contributed by atoms with Gasteiger partial charge in [0.25, 0.3) is 0 Å². The van der Waals surface area contributed by atoms with Crippen molar-refractivity contribution >= 4 is 34.9 Å². The number of carbonyl (C=O) groups excluding carboxylic acids is 1. The van der Waals surface area contributed by atoms with Gasteiger partial charge in [-0.05, 0) is 61.3 Å². The van der Waals surface area contributed by atoms with Gasteiger partial charge in [0.15, 0.2) is 5.82 Å². The second kappa shape index (κ2) is 13.9. The molecule has 10 nitrogen and oxygen atoms in total. The monoisotopic (exact) mass is 675 g/mol. The molecule has 0 atom stereocenters. The van der Waals surface area contributed by atoms with Crippen molar-refractivity contribution < 1.29 is 27.4 Å². The van der Waals surface area contributed by atoms with Gasteiger partial charge in [0, 0.05) is 56.2 Å². The summed E-state index contributed by atoms with van der Waals surface area (Å²) in [5.74, 6) is 1.24. The number of nitrogens with zero attached hydrogens (tertiary/aromatic N) is 6. The first-order valence-electron chi connectivity index (χ1n) is 16.2. The molecule has 0 unspecified atom stereocenters. The van der Waals surface area contributed by atoms with Crippen LogP contribution in [0.5, 0.6) is 11.5 Å². The first-order valence-corrected chi connectivity index (χ1v) is 16.2. The SMILES string of the molecule is CCN1CCN(Cc2ccc(Nc3ncc4c(n3)N(c3ccc(OC)cc3OC)C(=O)N(c3c(C)cccc3C)C4)cc2C(F)(F)F)CC1. The van der Waals surface area contributed by atoms with Crippen LogP contribution in [-0.2, 0) is 19.3 Å². The number of hydrogen-bond donors (Lipinski definition) is 1. The average Bonchev–Trinajstić information content (AvgIpc) is 3.09. The van der Waals surface area contributed by atoms with Crippen molar-refractivity contribution in [3.63, 3.8) is 0 Å². The largest absolute Gasteiger partial charge is 0.497 e. The topological polar surface area (TPSA) is 86.3 Å². The Morgan fingerprint density at radius 3 is 2.29 bits per heavy atom. The molecule has 1 saturated heterocycles. The number of nitrogens with one attached hydrogen (secondary N) is 1. The highest BCUT2D eigenvalue weighted by molar-refractivity contribution is 6.11. The van der Waals surface area contributed by atoms with Crippen LogP contribution in [-0.4, -0.2) is 72.7 Å². The fourth-order valence-corrected chi connectivity index (χ4v) is 6.49. The van der Waals surface area contributed by atoms with Crippen molar-refractivity contribution in [3.05, 3.63) is 88.6 Å². The number of halogens is 3. The molecule has 0 radical (unpaired) electrons. The molecule has 1 N–H and O–H groups in total. The van der Waals surface area contributed by atoms with Gasteiger partial charge in [-0.15, -0.1) is 0 Å². The summed E-state index contributed by atoms with van der Waals surface area (Å²) in [6, 6.07) is 14.8. The fraction of sp³-hybridized carbons (Fsp3) is 0.361. The number of amides is 2. The molecule has 1 aromatic heterocycles. The highest BCUT2D eigenvalue weighted by Crippen LogP contribution is 2.43. The van der Waals surface area contributed by atoms with E-state index >= 15 is 0 Å². The molecule has 3 heterocycles. The molecule has 1 fully saturated rings. The molecule has 2 aliphatic heterocycles. The van der Waals surface area contributed by atoms with Crippen LogP contribution in [0.4, 0.5) is 46.8 Å². The van der Waals surface area contributed by atoms with Crippen LogP contribution in [0.2, 0.25) is 0 Å². The minimum atomic E-state index is -4.56. The Hall–Kier alpha value is -4.88. The molecule has 0 saturated carbocycles. The van der Waals surface area contributed by atoms with E-state index in [0.29, 0.717) is 35.8 Å². The van der Waals surface area contributed by atoms with Gasteiger partial charge < -0.3 is 19.7 Å². The number of aryl methyl sites for hydroxylation is 2. The van der Waals surface area contributed by atoms with Crippen LogP contribution in [0, 0.1) is 13.8 Å². The van der Waals surface area contributed by atoms with E-state index < -0.39 is 11.7 Å². The number of alkyl halides is 3. The van der Waals surface area contributed by atoms with Gasteiger partial charge in [0.1, 0.15) is 11.5 Å². The lowest BCUT2D eigenvalue weighted by Crippen LogP contribution is -2.46. The van der Waals surface area contributed by atoms with E-state index in [1.165, 1.54) is 25.2 Å².